The number of carboxylic acid groups (broad SMARTS) is 2. The van der Waals surface area contributed by atoms with Crippen LogP contribution in [0.2, 0.25) is 0 Å². The van der Waals surface area contributed by atoms with Crippen molar-refractivity contribution in [2.24, 2.45) is 0 Å². The number of esters is 1. The van der Waals surface area contributed by atoms with Gasteiger partial charge in [0, 0.05) is 17.7 Å². The monoisotopic (exact) mass is 362 g/mol. The molecule has 0 fully saturated rings. The minimum atomic E-state index is -1.26. The van der Waals surface area contributed by atoms with Crippen molar-refractivity contribution in [1.82, 2.24) is 0 Å². The molecule has 26 heavy (non-hydrogen) atoms. The lowest BCUT2D eigenvalue weighted by atomic mass is 10.2. The quantitative estimate of drug-likeness (QED) is 0.433. The zero-order valence-electron chi connectivity index (χ0n) is 15.2. The van der Waals surface area contributed by atoms with Crippen molar-refractivity contribution in [1.29, 1.82) is 0 Å². The summed E-state index contributed by atoms with van der Waals surface area (Å²) in [7, 11) is 0. The smallest absolute Gasteiger partial charge is 0.333 e. The maximum atomic E-state index is 10.7. The number of hydrogen-bond donors (Lipinski definition) is 2. The first-order valence-corrected chi connectivity index (χ1v) is 7.88. The minimum absolute atomic E-state index is 0.284. The van der Waals surface area contributed by atoms with Gasteiger partial charge in [0.1, 0.15) is 0 Å². The van der Waals surface area contributed by atoms with Crippen LogP contribution in [0.15, 0.2) is 61.2 Å². The van der Waals surface area contributed by atoms with Crippen LogP contribution in [-0.2, 0) is 19.1 Å². The lowest BCUT2D eigenvalue weighted by Gasteiger charge is -2.01. The maximum Gasteiger partial charge on any atom is 0.333 e. The molecule has 0 unspecified atom stereocenters. The molecule has 6 nitrogen and oxygen atoms in total. The molecule has 0 atom stereocenters. The average molecular weight is 362 g/mol. The van der Waals surface area contributed by atoms with Crippen molar-refractivity contribution in [3.05, 3.63) is 66.8 Å². The van der Waals surface area contributed by atoms with E-state index in [0.29, 0.717) is 24.3 Å². The Morgan fingerprint density at radius 1 is 1.08 bits per heavy atom. The molecule has 0 amide bonds. The molecule has 0 bridgehead atoms. The van der Waals surface area contributed by atoms with Gasteiger partial charge in [0.05, 0.1) is 6.61 Å². The summed E-state index contributed by atoms with van der Waals surface area (Å²) in [6, 6.07) is 10.0. The molecule has 1 aromatic rings. The molecular formula is C20H26O6. The Balaban J connectivity index is 0. The fourth-order valence-corrected chi connectivity index (χ4v) is 1.16. The second-order valence-electron chi connectivity index (χ2n) is 4.89. The van der Waals surface area contributed by atoms with Gasteiger partial charge in [0.15, 0.2) is 0 Å². The van der Waals surface area contributed by atoms with Gasteiger partial charge in [-0.15, -0.1) is 0 Å². The van der Waals surface area contributed by atoms with Gasteiger partial charge in [-0.05, 0) is 18.9 Å². The first-order valence-electron chi connectivity index (χ1n) is 7.88. The summed E-state index contributed by atoms with van der Waals surface area (Å²) in [6.45, 7) is 11.3. The van der Waals surface area contributed by atoms with E-state index in [2.05, 4.69) is 20.1 Å². The summed E-state index contributed by atoms with van der Waals surface area (Å²) >= 11 is 0. The first-order chi connectivity index (χ1) is 12.2. The fourth-order valence-electron chi connectivity index (χ4n) is 1.16. The molecule has 0 radical (unpaired) electrons. The lowest BCUT2D eigenvalue weighted by molar-refractivity contribution is -0.139. The second-order valence-corrected chi connectivity index (χ2v) is 4.89. The van der Waals surface area contributed by atoms with Gasteiger partial charge >= 0.3 is 17.9 Å². The van der Waals surface area contributed by atoms with Gasteiger partial charge in [-0.3, -0.25) is 0 Å². The van der Waals surface area contributed by atoms with Gasteiger partial charge in [-0.2, -0.15) is 0 Å². The van der Waals surface area contributed by atoms with E-state index in [-0.39, 0.29) is 5.97 Å². The number of ether oxygens (including phenoxy) is 1. The SMILES string of the molecule is C=C(C)C(=O)OCCCC.C=Cc1ccccc1.O=C(O)/C=C\C(=O)O. The van der Waals surface area contributed by atoms with E-state index in [0.717, 1.165) is 12.8 Å². The second kappa shape index (κ2) is 16.7. The number of carbonyl (C=O) groups excluding carboxylic acids is 1. The van der Waals surface area contributed by atoms with Crippen molar-refractivity contribution >= 4 is 24.0 Å². The Kier molecular flexibility index (Phi) is 16.1. The molecule has 142 valence electrons. The topological polar surface area (TPSA) is 101 Å². The summed E-state index contributed by atoms with van der Waals surface area (Å²) in [6.07, 6.45) is 4.92. The fraction of sp³-hybridized carbons (Fsp3) is 0.250. The predicted octanol–water partition coefficient (Wildman–Crippen LogP) is 3.95. The van der Waals surface area contributed by atoms with Crippen LogP contribution >= 0.6 is 0 Å². The first kappa shape index (κ1) is 25.1. The molecule has 0 spiro atoms. The summed E-state index contributed by atoms with van der Waals surface area (Å²) in [5, 5.41) is 15.6. The summed E-state index contributed by atoms with van der Waals surface area (Å²) in [5.74, 6) is -2.80. The number of hydrogen-bond acceptors (Lipinski definition) is 4. The van der Waals surface area contributed by atoms with Crippen molar-refractivity contribution in [2.75, 3.05) is 6.61 Å². The normalized spacial score (nSPS) is 9.00. The highest BCUT2D eigenvalue weighted by atomic mass is 16.5. The van der Waals surface area contributed by atoms with E-state index in [1.54, 1.807) is 6.92 Å². The predicted molar refractivity (Wildman–Crippen MR) is 102 cm³/mol. The van der Waals surface area contributed by atoms with E-state index in [9.17, 15) is 14.4 Å². The van der Waals surface area contributed by atoms with E-state index in [4.69, 9.17) is 14.9 Å². The van der Waals surface area contributed by atoms with Crippen LogP contribution in [0.1, 0.15) is 32.3 Å². The maximum absolute atomic E-state index is 10.7. The molecule has 1 aromatic carbocycles. The Morgan fingerprint density at radius 3 is 1.88 bits per heavy atom. The van der Waals surface area contributed by atoms with Gasteiger partial charge in [-0.1, -0.05) is 62.9 Å². The van der Waals surface area contributed by atoms with Crippen molar-refractivity contribution in [3.8, 4) is 0 Å². The summed E-state index contributed by atoms with van der Waals surface area (Å²) in [5.41, 5.74) is 1.64. The number of carboxylic acids is 2. The molecular weight excluding hydrogens is 336 g/mol. The van der Waals surface area contributed by atoms with E-state index < -0.39 is 11.9 Å². The highest BCUT2D eigenvalue weighted by Gasteiger charge is 2.00. The van der Waals surface area contributed by atoms with Crippen molar-refractivity contribution in [2.45, 2.75) is 26.7 Å². The van der Waals surface area contributed by atoms with Crippen LogP contribution in [0.3, 0.4) is 0 Å². The molecule has 0 saturated carbocycles. The number of aliphatic carboxylic acids is 2. The highest BCUT2D eigenvalue weighted by Crippen LogP contribution is 1.97. The van der Waals surface area contributed by atoms with Crippen LogP contribution in [0.25, 0.3) is 6.08 Å². The average Bonchev–Trinajstić information content (AvgIpc) is 2.61. The molecule has 1 rings (SSSR count). The van der Waals surface area contributed by atoms with Gasteiger partial charge in [0.2, 0.25) is 0 Å². The molecule has 0 saturated heterocycles. The number of carbonyl (C=O) groups is 3. The van der Waals surface area contributed by atoms with Crippen LogP contribution in [-0.4, -0.2) is 34.7 Å². The summed E-state index contributed by atoms with van der Waals surface area (Å²) < 4.78 is 4.81. The molecule has 2 N–H and O–H groups in total. The van der Waals surface area contributed by atoms with Crippen molar-refractivity contribution in [3.63, 3.8) is 0 Å². The third-order valence-corrected chi connectivity index (χ3v) is 2.48. The standard InChI is InChI=1S/C8H14O2.C8H8.C4H4O4/c1-4-5-6-10-8(9)7(2)3;1-2-8-6-4-3-5-7-8;5-3(6)1-2-4(7)8/h2,4-6H2,1,3H3;2-7H,1H2;1-2H,(H,5,6)(H,7,8)/b;;2-1-. The van der Waals surface area contributed by atoms with Crippen LogP contribution in [0.4, 0.5) is 0 Å². The third kappa shape index (κ3) is 18.9. The van der Waals surface area contributed by atoms with E-state index >= 15 is 0 Å². The third-order valence-electron chi connectivity index (χ3n) is 2.48. The Hall–Kier alpha value is -3.15. The van der Waals surface area contributed by atoms with Crippen LogP contribution in [0.5, 0.6) is 0 Å². The Labute approximate surface area is 154 Å². The molecule has 0 aliphatic heterocycles. The Bertz CT molecular complexity index is 586. The van der Waals surface area contributed by atoms with Gasteiger partial charge in [0.25, 0.3) is 0 Å². The largest absolute Gasteiger partial charge is 0.478 e. The van der Waals surface area contributed by atoms with Crippen molar-refractivity contribution < 1.29 is 29.3 Å². The molecule has 0 heterocycles. The van der Waals surface area contributed by atoms with E-state index in [1.165, 1.54) is 5.56 Å². The molecule has 0 aromatic heterocycles. The molecule has 0 aliphatic rings. The Morgan fingerprint density at radius 2 is 1.58 bits per heavy atom. The zero-order chi connectivity index (χ0) is 20.4. The van der Waals surface area contributed by atoms with Crippen LogP contribution < -0.4 is 0 Å². The molecule has 6 heteroatoms. The summed E-state index contributed by atoms with van der Waals surface area (Å²) in [4.78, 5) is 29.8. The van der Waals surface area contributed by atoms with E-state index in [1.807, 2.05) is 36.4 Å². The minimum Gasteiger partial charge on any atom is -0.478 e. The molecule has 0 aliphatic carbocycles. The lowest BCUT2D eigenvalue weighted by Crippen LogP contribution is -2.05. The van der Waals surface area contributed by atoms with Crippen LogP contribution in [0, 0.1) is 0 Å². The van der Waals surface area contributed by atoms with Gasteiger partial charge < -0.3 is 14.9 Å². The number of unbranched alkanes of at least 4 members (excludes halogenated alkanes) is 1. The number of benzene rings is 1. The zero-order valence-corrected chi connectivity index (χ0v) is 15.2. The highest BCUT2D eigenvalue weighted by molar-refractivity contribution is 5.89. The number of rotatable bonds is 7. The van der Waals surface area contributed by atoms with Gasteiger partial charge in [-0.25, -0.2) is 14.4 Å².